The molecule has 0 fully saturated rings. The maximum absolute atomic E-state index is 10.8. The summed E-state index contributed by atoms with van der Waals surface area (Å²) in [5.41, 5.74) is 3.27. The molecule has 3 rings (SSSR count). The van der Waals surface area contributed by atoms with Gasteiger partial charge >= 0.3 is 0 Å². The van der Waals surface area contributed by atoms with Gasteiger partial charge in [0, 0.05) is 43.5 Å². The molecule has 0 radical (unpaired) electrons. The second kappa shape index (κ2) is 11.3. The Morgan fingerprint density at radius 1 is 0.867 bits per heavy atom. The van der Waals surface area contributed by atoms with Crippen LogP contribution in [0.25, 0.3) is 0 Å². The molecule has 0 spiro atoms. The molecule has 2 aromatic carbocycles. The van der Waals surface area contributed by atoms with Crippen molar-refractivity contribution >= 4 is 11.6 Å². The Kier molecular flexibility index (Phi) is 7.91. The summed E-state index contributed by atoms with van der Waals surface area (Å²) in [5, 5.41) is 17.5. The maximum atomic E-state index is 10.8. The van der Waals surface area contributed by atoms with Crippen molar-refractivity contribution in [3.8, 4) is 0 Å². The Morgan fingerprint density at radius 3 is 2.23 bits per heavy atom. The fourth-order valence-corrected chi connectivity index (χ4v) is 2.89. The number of non-ortho nitro benzene ring substituents is 1. The molecule has 7 nitrogen and oxygen atoms in total. The third-order valence-corrected chi connectivity index (χ3v) is 4.52. The monoisotopic (exact) mass is 403 g/mol. The van der Waals surface area contributed by atoms with Gasteiger partial charge in [-0.15, -0.1) is 0 Å². The van der Waals surface area contributed by atoms with E-state index in [0.29, 0.717) is 19.0 Å². The Hall–Kier alpha value is -3.74. The van der Waals surface area contributed by atoms with E-state index in [9.17, 15) is 10.1 Å². The van der Waals surface area contributed by atoms with Crippen LogP contribution in [-0.4, -0.2) is 29.0 Å². The van der Waals surface area contributed by atoms with Gasteiger partial charge in [-0.25, -0.2) is 4.99 Å². The molecule has 0 aliphatic carbocycles. The van der Waals surface area contributed by atoms with Crippen LogP contribution < -0.4 is 10.6 Å². The molecule has 0 amide bonds. The summed E-state index contributed by atoms with van der Waals surface area (Å²) >= 11 is 0. The Labute approximate surface area is 176 Å². The lowest BCUT2D eigenvalue weighted by Gasteiger charge is -2.13. The highest BCUT2D eigenvalue weighted by Gasteiger charge is 2.04. The summed E-state index contributed by atoms with van der Waals surface area (Å²) in [5.74, 6) is 0.709. The van der Waals surface area contributed by atoms with Crippen molar-refractivity contribution in [2.24, 2.45) is 4.99 Å². The number of nitrogens with zero attached hydrogens (tertiary/aromatic N) is 3. The number of rotatable bonds is 9. The van der Waals surface area contributed by atoms with Gasteiger partial charge in [-0.05, 0) is 29.7 Å². The molecular formula is C23H25N5O2. The molecule has 0 saturated heterocycles. The minimum atomic E-state index is -0.400. The standard InChI is InChI=1S/C23H25N5O2/c29-28(30)22-11-9-20(10-12-22)18-27-23(25-16-13-19-6-2-1-3-7-19)26-17-14-21-8-4-5-15-24-21/h1-12,15H,13-14,16-18H2,(H2,25,26,27). The van der Waals surface area contributed by atoms with E-state index in [1.54, 1.807) is 18.3 Å². The Bertz CT molecular complexity index is 897. The van der Waals surface area contributed by atoms with E-state index in [-0.39, 0.29) is 5.69 Å². The molecule has 30 heavy (non-hydrogen) atoms. The first-order valence-electron chi connectivity index (χ1n) is 9.90. The number of hydrogen-bond donors (Lipinski definition) is 2. The largest absolute Gasteiger partial charge is 0.356 e. The predicted molar refractivity (Wildman–Crippen MR) is 118 cm³/mol. The van der Waals surface area contributed by atoms with Crippen molar-refractivity contribution < 1.29 is 4.92 Å². The molecule has 0 aliphatic rings. The molecular weight excluding hydrogens is 378 g/mol. The molecule has 0 bridgehead atoms. The average molecular weight is 403 g/mol. The van der Waals surface area contributed by atoms with Crippen LogP contribution in [0.5, 0.6) is 0 Å². The maximum Gasteiger partial charge on any atom is 0.269 e. The van der Waals surface area contributed by atoms with Gasteiger partial charge in [0.05, 0.1) is 11.5 Å². The summed E-state index contributed by atoms with van der Waals surface area (Å²) in [6.45, 7) is 1.89. The number of aliphatic imine (C=N–C) groups is 1. The van der Waals surface area contributed by atoms with Crippen LogP contribution in [0.15, 0.2) is 84.0 Å². The lowest BCUT2D eigenvalue weighted by Crippen LogP contribution is -2.39. The summed E-state index contributed by atoms with van der Waals surface area (Å²) < 4.78 is 0. The molecule has 154 valence electrons. The minimum absolute atomic E-state index is 0.0809. The first kappa shape index (κ1) is 21.0. The number of aromatic nitrogens is 1. The zero-order valence-corrected chi connectivity index (χ0v) is 16.7. The first-order valence-corrected chi connectivity index (χ1v) is 9.90. The third kappa shape index (κ3) is 7.01. The van der Waals surface area contributed by atoms with Crippen LogP contribution in [-0.2, 0) is 19.4 Å². The van der Waals surface area contributed by atoms with Gasteiger partial charge in [0.2, 0.25) is 0 Å². The molecule has 3 aromatic rings. The fraction of sp³-hybridized carbons (Fsp3) is 0.217. The quantitative estimate of drug-likeness (QED) is 0.247. The second-order valence-electron chi connectivity index (χ2n) is 6.75. The SMILES string of the molecule is O=[N+]([O-])c1ccc(CN=C(NCCc2ccccc2)NCCc2ccccn2)cc1. The molecule has 7 heteroatoms. The van der Waals surface area contributed by atoms with Crippen LogP contribution in [0, 0.1) is 10.1 Å². The zero-order chi connectivity index (χ0) is 21.0. The van der Waals surface area contributed by atoms with Gasteiger partial charge in [-0.2, -0.15) is 0 Å². The van der Waals surface area contributed by atoms with Crippen LogP contribution >= 0.6 is 0 Å². The van der Waals surface area contributed by atoms with Crippen LogP contribution in [0.1, 0.15) is 16.8 Å². The van der Waals surface area contributed by atoms with E-state index in [0.717, 1.165) is 30.6 Å². The molecule has 0 unspecified atom stereocenters. The van der Waals surface area contributed by atoms with Crippen molar-refractivity contribution in [2.45, 2.75) is 19.4 Å². The van der Waals surface area contributed by atoms with Crippen molar-refractivity contribution in [3.05, 3.63) is 106 Å². The van der Waals surface area contributed by atoms with Gasteiger partial charge in [0.25, 0.3) is 5.69 Å². The van der Waals surface area contributed by atoms with Crippen LogP contribution in [0.4, 0.5) is 5.69 Å². The highest BCUT2D eigenvalue weighted by Crippen LogP contribution is 2.12. The summed E-state index contributed by atoms with van der Waals surface area (Å²) in [6, 6.07) is 22.6. The molecule has 0 aliphatic heterocycles. The number of nitro groups is 1. The Morgan fingerprint density at radius 2 is 1.57 bits per heavy atom. The van der Waals surface area contributed by atoms with Gasteiger partial charge in [-0.1, -0.05) is 48.5 Å². The molecule has 2 N–H and O–H groups in total. The fourth-order valence-electron chi connectivity index (χ4n) is 2.89. The van der Waals surface area contributed by atoms with E-state index < -0.39 is 4.92 Å². The number of pyridine rings is 1. The lowest BCUT2D eigenvalue weighted by atomic mass is 10.1. The normalized spacial score (nSPS) is 11.1. The van der Waals surface area contributed by atoms with Gasteiger partial charge < -0.3 is 10.6 Å². The lowest BCUT2D eigenvalue weighted by molar-refractivity contribution is -0.384. The minimum Gasteiger partial charge on any atom is -0.356 e. The Balaban J connectivity index is 1.57. The number of hydrogen-bond acceptors (Lipinski definition) is 4. The van der Waals surface area contributed by atoms with Crippen molar-refractivity contribution in [3.63, 3.8) is 0 Å². The second-order valence-corrected chi connectivity index (χ2v) is 6.75. The topological polar surface area (TPSA) is 92.5 Å². The van der Waals surface area contributed by atoms with E-state index in [4.69, 9.17) is 0 Å². The smallest absolute Gasteiger partial charge is 0.269 e. The van der Waals surface area contributed by atoms with Gasteiger partial charge in [0.1, 0.15) is 0 Å². The zero-order valence-electron chi connectivity index (χ0n) is 16.7. The summed E-state index contributed by atoms with van der Waals surface area (Å²) in [6.07, 6.45) is 3.47. The highest BCUT2D eigenvalue weighted by atomic mass is 16.6. The highest BCUT2D eigenvalue weighted by molar-refractivity contribution is 5.79. The van der Waals surface area contributed by atoms with E-state index in [2.05, 4.69) is 32.7 Å². The summed E-state index contributed by atoms with van der Waals surface area (Å²) in [4.78, 5) is 19.4. The average Bonchev–Trinajstić information content (AvgIpc) is 2.79. The number of benzene rings is 2. The third-order valence-electron chi connectivity index (χ3n) is 4.52. The van der Waals surface area contributed by atoms with E-state index in [1.165, 1.54) is 17.7 Å². The van der Waals surface area contributed by atoms with Crippen molar-refractivity contribution in [2.75, 3.05) is 13.1 Å². The molecule has 0 atom stereocenters. The summed E-state index contributed by atoms with van der Waals surface area (Å²) in [7, 11) is 0. The van der Waals surface area contributed by atoms with Gasteiger partial charge in [0.15, 0.2) is 5.96 Å². The van der Waals surface area contributed by atoms with Crippen molar-refractivity contribution in [1.29, 1.82) is 0 Å². The molecule has 1 aromatic heterocycles. The van der Waals surface area contributed by atoms with Gasteiger partial charge in [-0.3, -0.25) is 15.1 Å². The predicted octanol–water partition coefficient (Wildman–Crippen LogP) is 3.51. The first-order chi connectivity index (χ1) is 14.7. The van der Waals surface area contributed by atoms with Crippen molar-refractivity contribution in [1.82, 2.24) is 15.6 Å². The van der Waals surface area contributed by atoms with E-state index >= 15 is 0 Å². The number of nitro benzene ring substituents is 1. The number of nitrogens with one attached hydrogen (secondary N) is 2. The molecule has 1 heterocycles. The van der Waals surface area contributed by atoms with Crippen LogP contribution in [0.3, 0.4) is 0 Å². The number of guanidine groups is 1. The van der Waals surface area contributed by atoms with Crippen LogP contribution in [0.2, 0.25) is 0 Å². The van der Waals surface area contributed by atoms with E-state index in [1.807, 2.05) is 36.4 Å². The molecule has 0 saturated carbocycles.